The summed E-state index contributed by atoms with van der Waals surface area (Å²) in [7, 11) is 3.24. The highest BCUT2D eigenvalue weighted by Crippen LogP contribution is 2.37. The summed E-state index contributed by atoms with van der Waals surface area (Å²) >= 11 is 2.25. The molecule has 0 bridgehead atoms. The molecule has 0 aliphatic rings. The number of aryl methyl sites for hydroxylation is 2. The standard InChI is InChI=1S/C14H15IN5O2P/c1-5-9-8-6-10(11-7(2)17-19(3)14(11)21)16-13(22-4)12(8)20(18-9)23-15/h5-6,17,23H,1H2,2-4H3. The number of ether oxygens (including phenoxy) is 1. The zero-order chi connectivity index (χ0) is 16.7. The van der Waals surface area contributed by atoms with E-state index in [0.29, 0.717) is 23.5 Å². The third kappa shape index (κ3) is 2.49. The van der Waals surface area contributed by atoms with Crippen LogP contribution in [0.4, 0.5) is 0 Å². The van der Waals surface area contributed by atoms with E-state index in [1.807, 2.05) is 17.4 Å². The quantitative estimate of drug-likeness (QED) is 0.497. The van der Waals surface area contributed by atoms with Gasteiger partial charge >= 0.3 is 0 Å². The van der Waals surface area contributed by atoms with E-state index in [1.165, 1.54) is 4.68 Å². The molecule has 3 aromatic rings. The number of aromatic nitrogens is 5. The molecule has 0 fully saturated rings. The second-order valence-electron chi connectivity index (χ2n) is 4.97. The lowest BCUT2D eigenvalue weighted by molar-refractivity contribution is 0.402. The fraction of sp³-hybridized carbons (Fsp3) is 0.214. The van der Waals surface area contributed by atoms with Gasteiger partial charge in [-0.05, 0) is 41.1 Å². The minimum absolute atomic E-state index is 0.125. The van der Waals surface area contributed by atoms with Crippen LogP contribution in [0.1, 0.15) is 11.4 Å². The van der Waals surface area contributed by atoms with Crippen LogP contribution in [0.15, 0.2) is 17.4 Å². The molecule has 1 atom stereocenters. The lowest BCUT2D eigenvalue weighted by Gasteiger charge is -2.06. The van der Waals surface area contributed by atoms with Crippen molar-refractivity contribution < 1.29 is 4.74 Å². The van der Waals surface area contributed by atoms with Crippen LogP contribution in [-0.2, 0) is 7.05 Å². The highest BCUT2D eigenvalue weighted by molar-refractivity contribution is 14.2. The van der Waals surface area contributed by atoms with Gasteiger partial charge < -0.3 is 4.74 Å². The molecule has 120 valence electrons. The van der Waals surface area contributed by atoms with Crippen molar-refractivity contribution in [1.82, 2.24) is 24.3 Å². The van der Waals surface area contributed by atoms with Gasteiger partial charge in [-0.2, -0.15) is 5.10 Å². The first kappa shape index (κ1) is 16.2. The van der Waals surface area contributed by atoms with Crippen LogP contribution in [0.2, 0.25) is 0 Å². The third-order valence-electron chi connectivity index (χ3n) is 3.61. The van der Waals surface area contributed by atoms with E-state index in [9.17, 15) is 4.79 Å². The number of nitrogens with one attached hydrogen (secondary N) is 1. The molecule has 0 aliphatic carbocycles. The summed E-state index contributed by atoms with van der Waals surface area (Å²) in [5.41, 5.74) is 3.29. The first-order valence-corrected chi connectivity index (χ1v) is 10.8. The number of hydrogen-bond donors (Lipinski definition) is 1. The Morgan fingerprint density at radius 1 is 1.52 bits per heavy atom. The molecule has 0 aliphatic heterocycles. The molecule has 0 amide bonds. The van der Waals surface area contributed by atoms with Gasteiger partial charge in [-0.1, -0.05) is 6.58 Å². The SMILES string of the molecule is C=Cc1nn(PI)c2c(OC)nc(-c3c(C)[nH]n(C)c3=O)cc12. The minimum Gasteiger partial charge on any atom is -0.479 e. The number of fused-ring (bicyclic) bond motifs is 1. The van der Waals surface area contributed by atoms with E-state index in [-0.39, 0.29) is 5.56 Å². The van der Waals surface area contributed by atoms with E-state index < -0.39 is 0 Å². The molecule has 1 N–H and O–H groups in total. The van der Waals surface area contributed by atoms with Gasteiger partial charge in [0.05, 0.1) is 30.4 Å². The van der Waals surface area contributed by atoms with Crippen molar-refractivity contribution in [3.05, 3.63) is 34.4 Å². The lowest BCUT2D eigenvalue weighted by atomic mass is 10.1. The van der Waals surface area contributed by atoms with E-state index in [1.54, 1.807) is 20.2 Å². The molecule has 0 spiro atoms. The molecule has 0 saturated carbocycles. The van der Waals surface area contributed by atoms with Gasteiger partial charge in [0.25, 0.3) is 5.56 Å². The first-order valence-electron chi connectivity index (χ1n) is 6.74. The van der Waals surface area contributed by atoms with E-state index in [0.717, 1.165) is 22.3 Å². The highest BCUT2D eigenvalue weighted by atomic mass is 127. The van der Waals surface area contributed by atoms with Crippen LogP contribution in [0.5, 0.6) is 5.88 Å². The van der Waals surface area contributed by atoms with Gasteiger partial charge in [-0.3, -0.25) is 14.6 Å². The van der Waals surface area contributed by atoms with Crippen LogP contribution in [-0.4, -0.2) is 31.4 Å². The fourth-order valence-corrected chi connectivity index (χ4v) is 4.09. The summed E-state index contributed by atoms with van der Waals surface area (Å²) in [6.07, 6.45) is 2.10. The van der Waals surface area contributed by atoms with Gasteiger partial charge in [0.15, 0.2) is 0 Å². The third-order valence-corrected chi connectivity index (χ3v) is 5.46. The summed E-state index contributed by atoms with van der Waals surface area (Å²) in [5.74, 6) is 0.449. The van der Waals surface area contributed by atoms with E-state index in [4.69, 9.17) is 4.74 Å². The molecular formula is C14H15IN5O2P. The molecule has 1 unspecified atom stereocenters. The molecule has 3 heterocycles. The maximum Gasteiger partial charge on any atom is 0.275 e. The van der Waals surface area contributed by atoms with Crippen molar-refractivity contribution >= 4 is 45.4 Å². The van der Waals surface area contributed by atoms with Crippen LogP contribution in [0.3, 0.4) is 0 Å². The number of halogens is 1. The average molecular weight is 443 g/mol. The zero-order valence-corrected chi connectivity index (χ0v) is 16.0. The number of nitrogens with zero attached hydrogens (tertiary/aromatic N) is 4. The van der Waals surface area contributed by atoms with Crippen LogP contribution in [0.25, 0.3) is 28.2 Å². The molecule has 3 rings (SSSR count). The Morgan fingerprint density at radius 2 is 2.26 bits per heavy atom. The van der Waals surface area contributed by atoms with Crippen molar-refractivity contribution in [1.29, 1.82) is 0 Å². The number of rotatable bonds is 4. The van der Waals surface area contributed by atoms with E-state index in [2.05, 4.69) is 43.8 Å². The van der Waals surface area contributed by atoms with Crippen molar-refractivity contribution in [3.8, 4) is 17.1 Å². The van der Waals surface area contributed by atoms with Gasteiger partial charge in [-0.15, -0.1) is 0 Å². The molecule has 0 aromatic carbocycles. The molecule has 0 radical (unpaired) electrons. The van der Waals surface area contributed by atoms with Crippen LogP contribution in [0, 0.1) is 6.92 Å². The normalized spacial score (nSPS) is 11.7. The number of methoxy groups -OCH3 is 1. The van der Waals surface area contributed by atoms with Gasteiger partial charge in [-0.25, -0.2) is 9.44 Å². The van der Waals surface area contributed by atoms with Crippen molar-refractivity contribution in [3.63, 3.8) is 0 Å². The Balaban J connectivity index is 2.40. The maximum absolute atomic E-state index is 12.4. The summed E-state index contributed by atoms with van der Waals surface area (Å²) in [6, 6.07) is 1.87. The first-order chi connectivity index (χ1) is 11.0. The number of H-pyrrole nitrogens is 1. The Hall–Kier alpha value is -1.67. The predicted molar refractivity (Wildman–Crippen MR) is 102 cm³/mol. The van der Waals surface area contributed by atoms with Crippen LogP contribution >= 0.6 is 28.4 Å². The van der Waals surface area contributed by atoms with Gasteiger partial charge in [0.2, 0.25) is 5.88 Å². The topological polar surface area (TPSA) is 77.7 Å². The summed E-state index contributed by atoms with van der Waals surface area (Å²) in [4.78, 5) is 16.9. The van der Waals surface area contributed by atoms with Crippen LogP contribution < -0.4 is 10.3 Å². The monoisotopic (exact) mass is 443 g/mol. The predicted octanol–water partition coefficient (Wildman–Crippen LogP) is 2.88. The fourth-order valence-electron chi connectivity index (χ4n) is 2.60. The highest BCUT2D eigenvalue weighted by Gasteiger charge is 2.20. The average Bonchev–Trinajstić information content (AvgIpc) is 3.03. The molecule has 7 nitrogen and oxygen atoms in total. The Morgan fingerprint density at radius 3 is 2.78 bits per heavy atom. The molecular weight excluding hydrogens is 428 g/mol. The Labute approximate surface area is 147 Å². The van der Waals surface area contributed by atoms with Crippen molar-refractivity contribution in [2.75, 3.05) is 7.11 Å². The summed E-state index contributed by atoms with van der Waals surface area (Å²) < 4.78 is 8.73. The minimum atomic E-state index is -0.125. The Bertz CT molecular complexity index is 972. The number of aromatic amines is 1. The second-order valence-corrected chi connectivity index (χ2v) is 7.01. The van der Waals surface area contributed by atoms with Crippen molar-refractivity contribution in [2.24, 2.45) is 7.05 Å². The molecule has 23 heavy (non-hydrogen) atoms. The summed E-state index contributed by atoms with van der Waals surface area (Å²) in [5, 5.41) is 8.37. The second kappa shape index (κ2) is 6.09. The zero-order valence-electron chi connectivity index (χ0n) is 12.8. The lowest BCUT2D eigenvalue weighted by Crippen LogP contribution is -2.13. The smallest absolute Gasteiger partial charge is 0.275 e. The number of hydrogen-bond acceptors (Lipinski definition) is 4. The number of pyridine rings is 1. The van der Waals surface area contributed by atoms with E-state index >= 15 is 0 Å². The maximum atomic E-state index is 12.4. The molecule has 9 heteroatoms. The molecule has 0 saturated heterocycles. The van der Waals surface area contributed by atoms with Crippen molar-refractivity contribution in [2.45, 2.75) is 6.92 Å². The molecule has 3 aromatic heterocycles. The van der Waals surface area contributed by atoms with Gasteiger partial charge in [0.1, 0.15) is 5.52 Å². The van der Waals surface area contributed by atoms with Gasteiger partial charge in [0, 0.05) is 18.1 Å². The Kier molecular flexibility index (Phi) is 4.29. The summed E-state index contributed by atoms with van der Waals surface area (Å²) in [6.45, 7) is 5.66. The largest absolute Gasteiger partial charge is 0.479 e.